The van der Waals surface area contributed by atoms with E-state index in [9.17, 15) is 4.79 Å². The maximum atomic E-state index is 12.5. The molecule has 0 atom stereocenters. The third-order valence-electron chi connectivity index (χ3n) is 5.64. The van der Waals surface area contributed by atoms with Crippen molar-refractivity contribution in [3.05, 3.63) is 66.0 Å². The summed E-state index contributed by atoms with van der Waals surface area (Å²) in [5.41, 5.74) is 3.64. The molecule has 1 fully saturated rings. The van der Waals surface area contributed by atoms with Gasteiger partial charge < -0.3 is 10.2 Å². The summed E-state index contributed by atoms with van der Waals surface area (Å²) >= 11 is 0. The summed E-state index contributed by atoms with van der Waals surface area (Å²) in [5, 5.41) is 14.1. The van der Waals surface area contributed by atoms with Gasteiger partial charge >= 0.3 is 0 Å². The summed E-state index contributed by atoms with van der Waals surface area (Å²) in [4.78, 5) is 14.9. The van der Waals surface area contributed by atoms with E-state index in [0.29, 0.717) is 18.2 Å². The fraction of sp³-hybridized carbons (Fsp3) is 0.364. The molecule has 1 heterocycles. The summed E-state index contributed by atoms with van der Waals surface area (Å²) in [6, 6.07) is 16.3. The summed E-state index contributed by atoms with van der Waals surface area (Å²) in [6.07, 6.45) is 8.07. The van der Waals surface area contributed by atoms with E-state index in [4.69, 9.17) is 0 Å². The highest BCUT2D eigenvalue weighted by Gasteiger charge is 2.18. The lowest BCUT2D eigenvalue weighted by molar-refractivity contribution is 0.0951. The molecule has 150 valence electrons. The molecule has 2 aromatic carbocycles. The van der Waals surface area contributed by atoms with Crippen molar-refractivity contribution in [3.8, 4) is 5.69 Å². The number of hydrogen-bond acceptors (Lipinski definition) is 5. The van der Waals surface area contributed by atoms with Crippen LogP contribution in [0.3, 0.4) is 0 Å². The molecule has 1 saturated carbocycles. The standard InChI is InChI=1S/C22H26N6O/c1-27(19-7-3-2-4-8-19)20-12-10-17(11-13-20)15-23-22(29)18-6-5-9-21(14-18)28-16-24-25-26-28/h5-6,9-14,16,19H,2-4,7-8,15H2,1H3,(H,23,29). The van der Waals surface area contributed by atoms with Gasteiger partial charge in [0, 0.05) is 30.9 Å². The number of benzene rings is 2. The zero-order valence-corrected chi connectivity index (χ0v) is 16.7. The van der Waals surface area contributed by atoms with Gasteiger partial charge in [0.1, 0.15) is 6.33 Å². The van der Waals surface area contributed by atoms with Crippen LogP contribution in [0.5, 0.6) is 0 Å². The maximum absolute atomic E-state index is 12.5. The lowest BCUT2D eigenvalue weighted by atomic mass is 9.94. The number of nitrogens with one attached hydrogen (secondary N) is 1. The van der Waals surface area contributed by atoms with E-state index in [0.717, 1.165) is 11.3 Å². The van der Waals surface area contributed by atoms with E-state index in [1.54, 1.807) is 12.1 Å². The van der Waals surface area contributed by atoms with Crippen molar-refractivity contribution in [3.63, 3.8) is 0 Å². The van der Waals surface area contributed by atoms with Crippen LogP contribution < -0.4 is 10.2 Å². The van der Waals surface area contributed by atoms with Gasteiger partial charge in [-0.3, -0.25) is 4.79 Å². The smallest absolute Gasteiger partial charge is 0.251 e. The van der Waals surface area contributed by atoms with Gasteiger partial charge in [-0.05, 0) is 59.2 Å². The van der Waals surface area contributed by atoms with Crippen molar-refractivity contribution in [1.29, 1.82) is 0 Å². The molecular formula is C22H26N6O. The Bertz CT molecular complexity index is 932. The SMILES string of the molecule is CN(c1ccc(CNC(=O)c2cccc(-n3cnnn3)c2)cc1)C1CCCCC1. The minimum atomic E-state index is -0.122. The fourth-order valence-corrected chi connectivity index (χ4v) is 3.88. The van der Waals surface area contributed by atoms with E-state index in [1.165, 1.54) is 48.8 Å². The summed E-state index contributed by atoms with van der Waals surface area (Å²) in [5.74, 6) is -0.122. The predicted molar refractivity (Wildman–Crippen MR) is 112 cm³/mol. The number of anilines is 1. The van der Waals surface area contributed by atoms with Crippen LogP contribution in [0.2, 0.25) is 0 Å². The Morgan fingerprint density at radius 3 is 2.66 bits per heavy atom. The van der Waals surface area contributed by atoms with Gasteiger partial charge in [-0.15, -0.1) is 5.10 Å². The highest BCUT2D eigenvalue weighted by molar-refractivity contribution is 5.94. The van der Waals surface area contributed by atoms with E-state index in [2.05, 4.69) is 57.1 Å². The van der Waals surface area contributed by atoms with Gasteiger partial charge in [-0.25, -0.2) is 4.68 Å². The largest absolute Gasteiger partial charge is 0.372 e. The van der Waals surface area contributed by atoms with E-state index in [1.807, 2.05) is 12.1 Å². The van der Waals surface area contributed by atoms with Crippen molar-refractivity contribution in [2.45, 2.75) is 44.7 Å². The molecule has 0 aliphatic heterocycles. The zero-order valence-electron chi connectivity index (χ0n) is 16.7. The average molecular weight is 390 g/mol. The van der Waals surface area contributed by atoms with E-state index in [-0.39, 0.29) is 5.91 Å². The van der Waals surface area contributed by atoms with Crippen molar-refractivity contribution in [2.24, 2.45) is 0 Å². The van der Waals surface area contributed by atoms with Crippen LogP contribution in [0.15, 0.2) is 54.9 Å². The molecule has 1 aliphatic rings. The van der Waals surface area contributed by atoms with Gasteiger partial charge in [0.25, 0.3) is 5.91 Å². The Hall–Kier alpha value is -3.22. The molecule has 0 unspecified atom stereocenters. The molecule has 7 heteroatoms. The molecule has 0 saturated heterocycles. The summed E-state index contributed by atoms with van der Waals surface area (Å²) in [7, 11) is 2.18. The van der Waals surface area contributed by atoms with Gasteiger partial charge in [0.05, 0.1) is 5.69 Å². The second kappa shape index (κ2) is 8.86. The number of amides is 1. The van der Waals surface area contributed by atoms with Gasteiger partial charge in [-0.2, -0.15) is 0 Å². The maximum Gasteiger partial charge on any atom is 0.251 e. The van der Waals surface area contributed by atoms with Gasteiger partial charge in [0.15, 0.2) is 0 Å². The normalized spacial score (nSPS) is 14.5. The molecule has 3 aromatic rings. The van der Waals surface area contributed by atoms with Crippen LogP contribution in [0, 0.1) is 0 Å². The minimum Gasteiger partial charge on any atom is -0.372 e. The van der Waals surface area contributed by atoms with E-state index >= 15 is 0 Å². The predicted octanol–water partition coefficient (Wildman–Crippen LogP) is 3.36. The number of tetrazole rings is 1. The third-order valence-corrected chi connectivity index (χ3v) is 5.64. The molecule has 7 nitrogen and oxygen atoms in total. The summed E-state index contributed by atoms with van der Waals surface area (Å²) in [6.45, 7) is 0.487. The van der Waals surface area contributed by atoms with E-state index < -0.39 is 0 Å². The summed E-state index contributed by atoms with van der Waals surface area (Å²) < 4.78 is 1.53. The number of carbonyl (C=O) groups excluding carboxylic acids is 1. The Morgan fingerprint density at radius 2 is 1.93 bits per heavy atom. The Morgan fingerprint density at radius 1 is 1.14 bits per heavy atom. The minimum absolute atomic E-state index is 0.122. The molecule has 1 amide bonds. The number of hydrogen-bond donors (Lipinski definition) is 1. The van der Waals surface area contributed by atoms with Gasteiger partial charge in [0.2, 0.25) is 0 Å². The Labute approximate surface area is 170 Å². The second-order valence-corrected chi connectivity index (χ2v) is 7.56. The molecular weight excluding hydrogens is 364 g/mol. The van der Waals surface area contributed by atoms with Gasteiger partial charge in [-0.1, -0.05) is 37.5 Å². The van der Waals surface area contributed by atoms with Crippen LogP contribution in [-0.2, 0) is 6.54 Å². The number of carbonyl (C=O) groups is 1. The first-order valence-electron chi connectivity index (χ1n) is 10.1. The monoisotopic (exact) mass is 390 g/mol. The molecule has 1 aromatic heterocycles. The van der Waals surface area contributed by atoms with Crippen molar-refractivity contribution in [2.75, 3.05) is 11.9 Å². The molecule has 1 N–H and O–H groups in total. The number of rotatable bonds is 6. The molecule has 0 radical (unpaired) electrons. The quantitative estimate of drug-likeness (QED) is 0.698. The molecule has 0 spiro atoms. The average Bonchev–Trinajstić information content (AvgIpc) is 3.33. The second-order valence-electron chi connectivity index (χ2n) is 7.56. The lowest BCUT2D eigenvalue weighted by Gasteiger charge is -2.33. The Balaban J connectivity index is 1.35. The first-order valence-corrected chi connectivity index (χ1v) is 10.1. The highest BCUT2D eigenvalue weighted by Crippen LogP contribution is 2.26. The first kappa shape index (κ1) is 19.1. The third kappa shape index (κ3) is 4.62. The van der Waals surface area contributed by atoms with Crippen molar-refractivity contribution >= 4 is 11.6 Å². The van der Waals surface area contributed by atoms with Crippen LogP contribution in [0.1, 0.15) is 48.0 Å². The highest BCUT2D eigenvalue weighted by atomic mass is 16.1. The van der Waals surface area contributed by atoms with Crippen molar-refractivity contribution < 1.29 is 4.79 Å². The lowest BCUT2D eigenvalue weighted by Crippen LogP contribution is -2.33. The van der Waals surface area contributed by atoms with Crippen LogP contribution in [0.25, 0.3) is 5.69 Å². The zero-order chi connectivity index (χ0) is 20.1. The molecule has 0 bridgehead atoms. The fourth-order valence-electron chi connectivity index (χ4n) is 3.88. The van der Waals surface area contributed by atoms with Crippen LogP contribution in [0.4, 0.5) is 5.69 Å². The number of nitrogens with zero attached hydrogens (tertiary/aromatic N) is 5. The molecule has 1 aliphatic carbocycles. The van der Waals surface area contributed by atoms with Crippen LogP contribution in [-0.4, -0.2) is 39.2 Å². The Kier molecular flexibility index (Phi) is 5.84. The molecule has 29 heavy (non-hydrogen) atoms. The first-order chi connectivity index (χ1) is 14.2. The van der Waals surface area contributed by atoms with Crippen LogP contribution >= 0.6 is 0 Å². The molecule has 4 rings (SSSR count). The topological polar surface area (TPSA) is 75.9 Å². The number of aromatic nitrogens is 4. The van der Waals surface area contributed by atoms with Crippen molar-refractivity contribution in [1.82, 2.24) is 25.5 Å².